The Morgan fingerprint density at radius 1 is 1.28 bits per heavy atom. The molecule has 0 spiro atoms. The maximum atomic E-state index is 11.8. The van der Waals surface area contributed by atoms with Crippen LogP contribution in [-0.2, 0) is 4.79 Å². The highest BCUT2D eigenvalue weighted by atomic mass is 16.5. The van der Waals surface area contributed by atoms with Crippen molar-refractivity contribution in [2.24, 2.45) is 0 Å². The zero-order valence-corrected chi connectivity index (χ0v) is 10.7. The van der Waals surface area contributed by atoms with Gasteiger partial charge in [0.15, 0.2) is 0 Å². The van der Waals surface area contributed by atoms with E-state index in [0.29, 0.717) is 30.2 Å². The minimum Gasteiger partial charge on any atom is -0.496 e. The zero-order chi connectivity index (χ0) is 13.1. The lowest BCUT2D eigenvalue weighted by molar-refractivity contribution is -0.124. The standard InChI is InChI=1S/C14H17NO3/c1-10(15-9-5-8-13(15)16)14-11(17-2)6-4-7-12(14)18-3/h4,6-7H,1,5,8-9H2,2-3H3. The van der Waals surface area contributed by atoms with Gasteiger partial charge in [-0.25, -0.2) is 0 Å². The van der Waals surface area contributed by atoms with E-state index in [1.165, 1.54) is 0 Å². The van der Waals surface area contributed by atoms with Gasteiger partial charge in [0.05, 0.1) is 25.5 Å². The smallest absolute Gasteiger partial charge is 0.227 e. The lowest BCUT2D eigenvalue weighted by Gasteiger charge is -2.22. The van der Waals surface area contributed by atoms with Crippen LogP contribution in [-0.4, -0.2) is 31.6 Å². The second-order valence-corrected chi connectivity index (χ2v) is 4.13. The molecule has 0 aliphatic carbocycles. The average Bonchev–Trinajstić information content (AvgIpc) is 2.83. The first-order chi connectivity index (χ1) is 8.69. The van der Waals surface area contributed by atoms with E-state index >= 15 is 0 Å². The number of amides is 1. The topological polar surface area (TPSA) is 38.8 Å². The molecule has 96 valence electrons. The Hall–Kier alpha value is -1.97. The summed E-state index contributed by atoms with van der Waals surface area (Å²) in [5, 5.41) is 0. The normalized spacial score (nSPS) is 14.8. The Bertz CT molecular complexity index is 460. The van der Waals surface area contributed by atoms with Gasteiger partial charge in [-0.15, -0.1) is 0 Å². The molecule has 1 aromatic rings. The minimum atomic E-state index is 0.105. The van der Waals surface area contributed by atoms with Gasteiger partial charge in [-0.2, -0.15) is 0 Å². The van der Waals surface area contributed by atoms with Gasteiger partial charge in [0, 0.05) is 13.0 Å². The Morgan fingerprint density at radius 2 is 1.89 bits per heavy atom. The second-order valence-electron chi connectivity index (χ2n) is 4.13. The Morgan fingerprint density at radius 3 is 2.33 bits per heavy atom. The number of nitrogens with zero attached hydrogens (tertiary/aromatic N) is 1. The fraction of sp³-hybridized carbons (Fsp3) is 0.357. The van der Waals surface area contributed by atoms with Gasteiger partial charge in [-0.05, 0) is 18.6 Å². The molecule has 1 heterocycles. The largest absolute Gasteiger partial charge is 0.496 e. The number of carbonyl (C=O) groups excluding carboxylic acids is 1. The number of methoxy groups -OCH3 is 2. The second kappa shape index (κ2) is 5.12. The van der Waals surface area contributed by atoms with Gasteiger partial charge in [0.2, 0.25) is 5.91 Å². The summed E-state index contributed by atoms with van der Waals surface area (Å²) in [7, 11) is 3.19. The third-order valence-electron chi connectivity index (χ3n) is 3.12. The summed E-state index contributed by atoms with van der Waals surface area (Å²) < 4.78 is 10.6. The van der Waals surface area contributed by atoms with E-state index in [9.17, 15) is 4.79 Å². The van der Waals surface area contributed by atoms with Crippen molar-refractivity contribution in [1.82, 2.24) is 4.90 Å². The molecule has 1 fully saturated rings. The lowest BCUT2D eigenvalue weighted by atomic mass is 10.1. The van der Waals surface area contributed by atoms with Gasteiger partial charge in [0.25, 0.3) is 0 Å². The van der Waals surface area contributed by atoms with Crippen LogP contribution >= 0.6 is 0 Å². The van der Waals surface area contributed by atoms with Crippen molar-refractivity contribution in [2.75, 3.05) is 20.8 Å². The number of hydrogen-bond acceptors (Lipinski definition) is 3. The summed E-state index contributed by atoms with van der Waals surface area (Å²) in [6.07, 6.45) is 1.45. The Labute approximate surface area is 107 Å². The molecule has 0 saturated carbocycles. The molecular formula is C14H17NO3. The van der Waals surface area contributed by atoms with Crippen LogP contribution in [0.4, 0.5) is 0 Å². The van der Waals surface area contributed by atoms with Crippen LogP contribution in [0.3, 0.4) is 0 Å². The molecule has 1 amide bonds. The zero-order valence-electron chi connectivity index (χ0n) is 10.7. The van der Waals surface area contributed by atoms with E-state index in [1.807, 2.05) is 18.2 Å². The lowest BCUT2D eigenvalue weighted by Crippen LogP contribution is -2.22. The monoisotopic (exact) mass is 247 g/mol. The third kappa shape index (κ3) is 2.06. The number of carbonyl (C=O) groups is 1. The van der Waals surface area contributed by atoms with Crippen molar-refractivity contribution in [3.05, 3.63) is 30.3 Å². The van der Waals surface area contributed by atoms with Crippen molar-refractivity contribution in [2.45, 2.75) is 12.8 Å². The first kappa shape index (κ1) is 12.5. The first-order valence-corrected chi connectivity index (χ1v) is 5.89. The molecule has 1 saturated heterocycles. The van der Waals surface area contributed by atoms with Gasteiger partial charge >= 0.3 is 0 Å². The third-order valence-corrected chi connectivity index (χ3v) is 3.12. The molecule has 0 atom stereocenters. The van der Waals surface area contributed by atoms with Gasteiger partial charge < -0.3 is 14.4 Å². The van der Waals surface area contributed by atoms with E-state index in [2.05, 4.69) is 6.58 Å². The highest BCUT2D eigenvalue weighted by molar-refractivity contribution is 5.90. The fourth-order valence-electron chi connectivity index (χ4n) is 2.20. The van der Waals surface area contributed by atoms with Crippen molar-refractivity contribution in [3.63, 3.8) is 0 Å². The van der Waals surface area contributed by atoms with Crippen LogP contribution in [0.2, 0.25) is 0 Å². The van der Waals surface area contributed by atoms with Crippen molar-refractivity contribution >= 4 is 11.6 Å². The SMILES string of the molecule is C=C(c1c(OC)cccc1OC)N1CCCC1=O. The number of hydrogen-bond donors (Lipinski definition) is 0. The molecule has 0 aromatic heterocycles. The van der Waals surface area contributed by atoms with Gasteiger partial charge in [-0.1, -0.05) is 12.6 Å². The van der Waals surface area contributed by atoms with Crippen molar-refractivity contribution in [1.29, 1.82) is 0 Å². The average molecular weight is 247 g/mol. The minimum absolute atomic E-state index is 0.105. The van der Waals surface area contributed by atoms with E-state index in [-0.39, 0.29) is 5.91 Å². The number of benzene rings is 1. The van der Waals surface area contributed by atoms with Crippen LogP contribution < -0.4 is 9.47 Å². The maximum Gasteiger partial charge on any atom is 0.227 e. The van der Waals surface area contributed by atoms with Crippen LogP contribution in [0.25, 0.3) is 5.70 Å². The molecule has 0 bridgehead atoms. The molecule has 4 nitrogen and oxygen atoms in total. The van der Waals surface area contributed by atoms with E-state index in [4.69, 9.17) is 9.47 Å². The first-order valence-electron chi connectivity index (χ1n) is 5.89. The van der Waals surface area contributed by atoms with Crippen LogP contribution in [0.15, 0.2) is 24.8 Å². The summed E-state index contributed by atoms with van der Waals surface area (Å²) in [6.45, 7) is 4.73. The molecule has 18 heavy (non-hydrogen) atoms. The number of ether oxygens (including phenoxy) is 2. The molecule has 0 N–H and O–H groups in total. The summed E-state index contributed by atoms with van der Waals surface area (Å²) >= 11 is 0. The molecule has 4 heteroatoms. The summed E-state index contributed by atoms with van der Waals surface area (Å²) in [6, 6.07) is 5.52. The summed E-state index contributed by atoms with van der Waals surface area (Å²) in [5.74, 6) is 1.44. The number of likely N-dealkylation sites (tertiary alicyclic amines) is 1. The molecule has 1 aliphatic rings. The fourth-order valence-corrected chi connectivity index (χ4v) is 2.20. The quantitative estimate of drug-likeness (QED) is 0.819. The summed E-state index contributed by atoms with van der Waals surface area (Å²) in [5.41, 5.74) is 1.39. The predicted molar refractivity (Wildman–Crippen MR) is 69.5 cm³/mol. The van der Waals surface area contributed by atoms with E-state index in [0.717, 1.165) is 12.0 Å². The number of rotatable bonds is 4. The van der Waals surface area contributed by atoms with E-state index in [1.54, 1.807) is 19.1 Å². The van der Waals surface area contributed by atoms with Crippen LogP contribution in [0, 0.1) is 0 Å². The molecular weight excluding hydrogens is 230 g/mol. The molecule has 0 unspecified atom stereocenters. The van der Waals surface area contributed by atoms with Gasteiger partial charge in [-0.3, -0.25) is 4.79 Å². The molecule has 0 radical (unpaired) electrons. The predicted octanol–water partition coefficient (Wildman–Crippen LogP) is 2.30. The van der Waals surface area contributed by atoms with Crippen molar-refractivity contribution < 1.29 is 14.3 Å². The van der Waals surface area contributed by atoms with Crippen LogP contribution in [0.1, 0.15) is 18.4 Å². The highest BCUT2D eigenvalue weighted by Gasteiger charge is 2.26. The Balaban J connectivity index is 2.42. The van der Waals surface area contributed by atoms with Gasteiger partial charge in [0.1, 0.15) is 11.5 Å². The van der Waals surface area contributed by atoms with E-state index < -0.39 is 0 Å². The molecule has 1 aromatic carbocycles. The van der Waals surface area contributed by atoms with Crippen LogP contribution in [0.5, 0.6) is 11.5 Å². The molecule has 2 rings (SSSR count). The van der Waals surface area contributed by atoms with Crippen molar-refractivity contribution in [3.8, 4) is 11.5 Å². The molecule has 1 aliphatic heterocycles. The summed E-state index contributed by atoms with van der Waals surface area (Å²) in [4.78, 5) is 13.5. The maximum absolute atomic E-state index is 11.8. The Kier molecular flexibility index (Phi) is 3.55. The highest BCUT2D eigenvalue weighted by Crippen LogP contribution is 2.36.